The summed E-state index contributed by atoms with van der Waals surface area (Å²) in [5.74, 6) is 0. The van der Waals surface area contributed by atoms with E-state index in [1.165, 1.54) is 17.7 Å². The summed E-state index contributed by atoms with van der Waals surface area (Å²) in [6.45, 7) is 1.88. The van der Waals surface area contributed by atoms with Crippen LogP contribution < -0.4 is 5.73 Å². The predicted molar refractivity (Wildman–Crippen MR) is 66.1 cm³/mol. The molecule has 0 amide bonds. The molecule has 1 saturated heterocycles. The molecule has 1 aromatic carbocycles. The van der Waals surface area contributed by atoms with Gasteiger partial charge in [-0.2, -0.15) is 0 Å². The van der Waals surface area contributed by atoms with Crippen molar-refractivity contribution in [2.45, 2.75) is 23.8 Å². The van der Waals surface area contributed by atoms with Crippen molar-refractivity contribution >= 4 is 23.5 Å². The van der Waals surface area contributed by atoms with Crippen molar-refractivity contribution < 1.29 is 0 Å². The number of nitrogens with two attached hydrogens (primary N) is 1. The van der Waals surface area contributed by atoms with E-state index in [0.29, 0.717) is 6.04 Å². The normalized spacial score (nSPS) is 22.1. The van der Waals surface area contributed by atoms with Gasteiger partial charge in [0.15, 0.2) is 0 Å². The Morgan fingerprint density at radius 1 is 1.40 bits per heavy atom. The summed E-state index contributed by atoms with van der Waals surface area (Å²) in [4.78, 5) is 1.24. The number of halogens is 1. The van der Waals surface area contributed by atoms with Crippen LogP contribution in [0, 0.1) is 0 Å². The lowest BCUT2D eigenvalue weighted by atomic mass is 10.2. The van der Waals surface area contributed by atoms with Crippen LogP contribution in [0.25, 0.3) is 0 Å². The highest BCUT2D eigenvalue weighted by Gasteiger charge is 2.23. The molecule has 1 atom stereocenters. The minimum atomic E-state index is 0.533. The number of rotatable bonds is 3. The van der Waals surface area contributed by atoms with Crippen molar-refractivity contribution in [2.24, 2.45) is 5.73 Å². The van der Waals surface area contributed by atoms with E-state index in [4.69, 9.17) is 17.3 Å². The molecule has 1 aliphatic heterocycles. The second kappa shape index (κ2) is 5.21. The van der Waals surface area contributed by atoms with Gasteiger partial charge in [-0.3, -0.25) is 0 Å². The average Bonchev–Trinajstić information content (AvgIpc) is 2.69. The van der Waals surface area contributed by atoms with Crippen LogP contribution in [0.1, 0.15) is 12.8 Å². The molecule has 2 nitrogen and oxygen atoms in total. The Balaban J connectivity index is 1.99. The van der Waals surface area contributed by atoms with Gasteiger partial charge in [0.2, 0.25) is 0 Å². The van der Waals surface area contributed by atoms with E-state index in [1.807, 2.05) is 12.1 Å². The third-order valence-electron chi connectivity index (χ3n) is 2.63. The molecule has 2 N–H and O–H groups in total. The van der Waals surface area contributed by atoms with Gasteiger partial charge in [-0.05, 0) is 49.1 Å². The van der Waals surface area contributed by atoms with E-state index in [-0.39, 0.29) is 0 Å². The fraction of sp³-hybridized carbons (Fsp3) is 0.455. The zero-order valence-electron chi connectivity index (χ0n) is 8.53. The van der Waals surface area contributed by atoms with Gasteiger partial charge in [0, 0.05) is 29.0 Å². The number of hydrogen-bond acceptors (Lipinski definition) is 3. The standard InChI is InChI=1S/C11H15ClN2S/c12-9-3-5-11(6-4-9)15-14-7-1-2-10(14)8-13/h3-6,10H,1-2,7-8,13H2. The highest BCUT2D eigenvalue weighted by Crippen LogP contribution is 2.31. The maximum atomic E-state index is 5.84. The molecule has 1 aliphatic rings. The lowest BCUT2D eigenvalue weighted by molar-refractivity contribution is 0.444. The van der Waals surface area contributed by atoms with Gasteiger partial charge < -0.3 is 5.73 Å². The van der Waals surface area contributed by atoms with Crippen LogP contribution in [-0.2, 0) is 0 Å². The van der Waals surface area contributed by atoms with Crippen molar-refractivity contribution in [2.75, 3.05) is 13.1 Å². The maximum Gasteiger partial charge on any atom is 0.0406 e. The minimum Gasteiger partial charge on any atom is -0.329 e. The van der Waals surface area contributed by atoms with Gasteiger partial charge >= 0.3 is 0 Å². The molecular formula is C11H15ClN2S. The maximum absolute atomic E-state index is 5.84. The molecule has 0 spiro atoms. The molecule has 0 radical (unpaired) electrons. The zero-order chi connectivity index (χ0) is 10.7. The Labute approximate surface area is 99.9 Å². The Morgan fingerprint density at radius 3 is 2.80 bits per heavy atom. The molecule has 1 heterocycles. The van der Waals surface area contributed by atoms with Crippen molar-refractivity contribution in [3.05, 3.63) is 29.3 Å². The summed E-state index contributed by atoms with van der Waals surface area (Å²) in [6, 6.07) is 8.50. The van der Waals surface area contributed by atoms with Crippen LogP contribution in [0.2, 0.25) is 5.02 Å². The molecule has 0 aromatic heterocycles. The summed E-state index contributed by atoms with van der Waals surface area (Å²) >= 11 is 7.63. The van der Waals surface area contributed by atoms with Gasteiger partial charge in [-0.15, -0.1) is 0 Å². The van der Waals surface area contributed by atoms with Crippen LogP contribution in [0.5, 0.6) is 0 Å². The fourth-order valence-corrected chi connectivity index (χ4v) is 3.01. The molecule has 15 heavy (non-hydrogen) atoms. The summed E-state index contributed by atoms with van der Waals surface area (Å²) in [5.41, 5.74) is 5.73. The molecule has 2 rings (SSSR count). The Bertz CT molecular complexity index is 315. The van der Waals surface area contributed by atoms with Crippen LogP contribution in [0.15, 0.2) is 29.2 Å². The van der Waals surface area contributed by atoms with E-state index in [0.717, 1.165) is 18.1 Å². The summed E-state index contributed by atoms with van der Waals surface area (Å²) < 4.78 is 2.38. The molecule has 0 aliphatic carbocycles. The van der Waals surface area contributed by atoms with E-state index in [2.05, 4.69) is 16.4 Å². The minimum absolute atomic E-state index is 0.533. The van der Waals surface area contributed by atoms with Crippen LogP contribution >= 0.6 is 23.5 Å². The second-order valence-corrected chi connectivity index (χ2v) is 5.28. The van der Waals surface area contributed by atoms with E-state index < -0.39 is 0 Å². The Morgan fingerprint density at radius 2 is 2.13 bits per heavy atom. The fourth-order valence-electron chi connectivity index (χ4n) is 1.80. The van der Waals surface area contributed by atoms with Gasteiger partial charge in [0.05, 0.1) is 0 Å². The number of hydrogen-bond donors (Lipinski definition) is 1. The van der Waals surface area contributed by atoms with E-state index in [9.17, 15) is 0 Å². The molecular weight excluding hydrogens is 228 g/mol. The molecule has 82 valence electrons. The van der Waals surface area contributed by atoms with Gasteiger partial charge in [-0.25, -0.2) is 4.31 Å². The van der Waals surface area contributed by atoms with E-state index >= 15 is 0 Å². The highest BCUT2D eigenvalue weighted by molar-refractivity contribution is 7.97. The molecule has 0 saturated carbocycles. The smallest absolute Gasteiger partial charge is 0.0406 e. The average molecular weight is 243 g/mol. The Kier molecular flexibility index (Phi) is 3.92. The summed E-state index contributed by atoms with van der Waals surface area (Å²) in [7, 11) is 0. The van der Waals surface area contributed by atoms with Crippen LogP contribution in [0.4, 0.5) is 0 Å². The third kappa shape index (κ3) is 2.88. The first-order valence-corrected chi connectivity index (χ1v) is 6.35. The van der Waals surface area contributed by atoms with Gasteiger partial charge in [0.25, 0.3) is 0 Å². The van der Waals surface area contributed by atoms with Crippen molar-refractivity contribution in [1.29, 1.82) is 0 Å². The SMILES string of the molecule is NCC1CCCN1Sc1ccc(Cl)cc1. The molecule has 1 unspecified atom stereocenters. The van der Waals surface area contributed by atoms with Crippen molar-refractivity contribution in [3.63, 3.8) is 0 Å². The largest absolute Gasteiger partial charge is 0.329 e. The van der Waals surface area contributed by atoms with Crippen molar-refractivity contribution in [1.82, 2.24) is 4.31 Å². The Hall–Kier alpha value is -0.220. The molecule has 1 aromatic rings. The lowest BCUT2D eigenvalue weighted by Gasteiger charge is -2.21. The topological polar surface area (TPSA) is 29.3 Å². The predicted octanol–water partition coefficient (Wildman–Crippen LogP) is 2.77. The summed E-state index contributed by atoms with van der Waals surface area (Å²) in [5, 5.41) is 0.788. The number of benzene rings is 1. The van der Waals surface area contributed by atoms with Crippen LogP contribution in [0.3, 0.4) is 0 Å². The number of nitrogens with zero attached hydrogens (tertiary/aromatic N) is 1. The van der Waals surface area contributed by atoms with Crippen molar-refractivity contribution in [3.8, 4) is 0 Å². The first-order valence-electron chi connectivity index (χ1n) is 5.20. The molecule has 4 heteroatoms. The first-order chi connectivity index (χ1) is 7.29. The quantitative estimate of drug-likeness (QED) is 0.827. The van der Waals surface area contributed by atoms with Crippen LogP contribution in [-0.4, -0.2) is 23.4 Å². The summed E-state index contributed by atoms with van der Waals surface area (Å²) in [6.07, 6.45) is 2.47. The zero-order valence-corrected chi connectivity index (χ0v) is 10.1. The lowest BCUT2D eigenvalue weighted by Crippen LogP contribution is -2.30. The molecule has 1 fully saturated rings. The van der Waals surface area contributed by atoms with Gasteiger partial charge in [-0.1, -0.05) is 11.6 Å². The highest BCUT2D eigenvalue weighted by atomic mass is 35.5. The van der Waals surface area contributed by atoms with E-state index in [1.54, 1.807) is 11.9 Å². The second-order valence-electron chi connectivity index (χ2n) is 3.72. The monoisotopic (exact) mass is 242 g/mol. The van der Waals surface area contributed by atoms with Gasteiger partial charge in [0.1, 0.15) is 0 Å². The molecule has 0 bridgehead atoms. The first kappa shape index (κ1) is 11.3. The third-order valence-corrected chi connectivity index (χ3v) is 4.08.